The first kappa shape index (κ1) is 23.4. The quantitative estimate of drug-likeness (QED) is 0.480. The van der Waals surface area contributed by atoms with E-state index in [9.17, 15) is 4.79 Å². The van der Waals surface area contributed by atoms with E-state index in [1.165, 1.54) is 0 Å². The van der Waals surface area contributed by atoms with Gasteiger partial charge in [0.1, 0.15) is 5.75 Å². The lowest BCUT2D eigenvalue weighted by Gasteiger charge is -2.35. The van der Waals surface area contributed by atoms with E-state index < -0.39 is 0 Å². The van der Waals surface area contributed by atoms with Gasteiger partial charge in [-0.15, -0.1) is 10.2 Å². The molecule has 1 saturated heterocycles. The molecule has 34 heavy (non-hydrogen) atoms. The molecule has 1 aliphatic heterocycles. The van der Waals surface area contributed by atoms with Crippen LogP contribution < -0.4 is 19.1 Å². The topological polar surface area (TPSA) is 77.0 Å². The van der Waals surface area contributed by atoms with E-state index in [1.54, 1.807) is 0 Å². The second-order valence-corrected chi connectivity index (χ2v) is 7.77. The highest BCUT2D eigenvalue weighted by Gasteiger charge is 2.23. The van der Waals surface area contributed by atoms with Crippen molar-refractivity contribution in [2.45, 2.75) is 13.8 Å². The summed E-state index contributed by atoms with van der Waals surface area (Å²) in [5, 5.41) is 8.81. The number of aromatic nitrogens is 2. The van der Waals surface area contributed by atoms with Gasteiger partial charge < -0.3 is 24.0 Å². The Morgan fingerprint density at radius 2 is 1.47 bits per heavy atom. The van der Waals surface area contributed by atoms with E-state index in [0.29, 0.717) is 50.9 Å². The summed E-state index contributed by atoms with van der Waals surface area (Å²) in [6.07, 6.45) is 0. The van der Waals surface area contributed by atoms with E-state index in [4.69, 9.17) is 14.2 Å². The number of hydrogen-bond acceptors (Lipinski definition) is 7. The summed E-state index contributed by atoms with van der Waals surface area (Å²) < 4.78 is 16.8. The molecule has 0 radical (unpaired) electrons. The predicted molar refractivity (Wildman–Crippen MR) is 131 cm³/mol. The minimum Gasteiger partial charge on any atom is -0.494 e. The second-order valence-electron chi connectivity index (χ2n) is 7.77. The molecule has 0 aliphatic carbocycles. The molecular weight excluding hydrogens is 432 g/mol. The van der Waals surface area contributed by atoms with Gasteiger partial charge in [0.2, 0.25) is 0 Å². The number of para-hydroxylation sites is 2. The van der Waals surface area contributed by atoms with Gasteiger partial charge >= 0.3 is 0 Å². The van der Waals surface area contributed by atoms with Gasteiger partial charge in [0, 0.05) is 31.7 Å². The summed E-state index contributed by atoms with van der Waals surface area (Å²) in [6, 6.07) is 19.2. The highest BCUT2D eigenvalue weighted by molar-refractivity contribution is 5.78. The summed E-state index contributed by atoms with van der Waals surface area (Å²) in [5.41, 5.74) is 1.80. The van der Waals surface area contributed by atoms with Crippen LogP contribution in [0, 0.1) is 0 Å². The molecule has 0 saturated carbocycles. The van der Waals surface area contributed by atoms with Crippen molar-refractivity contribution in [3.63, 3.8) is 0 Å². The van der Waals surface area contributed by atoms with Crippen LogP contribution in [0.15, 0.2) is 60.7 Å². The molecule has 178 valence electrons. The van der Waals surface area contributed by atoms with Crippen LogP contribution >= 0.6 is 0 Å². The third-order valence-corrected chi connectivity index (χ3v) is 5.57. The highest BCUT2D eigenvalue weighted by Crippen LogP contribution is 2.26. The number of carbonyl (C=O) groups excluding carboxylic acids is 1. The number of ether oxygens (including phenoxy) is 3. The molecular formula is C26H30N4O4. The van der Waals surface area contributed by atoms with Gasteiger partial charge in [0.25, 0.3) is 5.91 Å². The number of nitrogens with zero attached hydrogens (tertiary/aromatic N) is 4. The van der Waals surface area contributed by atoms with Crippen molar-refractivity contribution < 1.29 is 19.0 Å². The van der Waals surface area contributed by atoms with Crippen LogP contribution in [-0.2, 0) is 4.79 Å². The molecule has 1 aromatic heterocycles. The smallest absolute Gasteiger partial charge is 0.260 e. The lowest BCUT2D eigenvalue weighted by molar-refractivity contribution is -0.133. The van der Waals surface area contributed by atoms with Gasteiger partial charge in [-0.25, -0.2) is 0 Å². The maximum atomic E-state index is 12.7. The Hall–Kier alpha value is -3.81. The zero-order valence-electron chi connectivity index (χ0n) is 19.6. The van der Waals surface area contributed by atoms with Gasteiger partial charge in [-0.05, 0) is 62.4 Å². The Bertz CT molecular complexity index is 1060. The number of benzene rings is 2. The van der Waals surface area contributed by atoms with Crippen molar-refractivity contribution >= 4 is 11.7 Å². The van der Waals surface area contributed by atoms with Crippen LogP contribution in [0.5, 0.6) is 17.2 Å². The fraction of sp³-hybridized carbons (Fsp3) is 0.346. The van der Waals surface area contributed by atoms with E-state index in [2.05, 4.69) is 15.1 Å². The number of carbonyl (C=O) groups is 1. The average molecular weight is 463 g/mol. The molecule has 0 atom stereocenters. The van der Waals surface area contributed by atoms with Gasteiger partial charge in [-0.1, -0.05) is 12.1 Å². The normalized spacial score (nSPS) is 13.5. The Morgan fingerprint density at radius 3 is 2.09 bits per heavy atom. The molecule has 1 fully saturated rings. The molecule has 2 heterocycles. The first-order valence-electron chi connectivity index (χ1n) is 11.6. The molecule has 8 nitrogen and oxygen atoms in total. The lowest BCUT2D eigenvalue weighted by Crippen LogP contribution is -2.50. The van der Waals surface area contributed by atoms with Gasteiger partial charge in [0.05, 0.1) is 18.9 Å². The monoisotopic (exact) mass is 462 g/mol. The molecule has 0 unspecified atom stereocenters. The molecule has 8 heteroatoms. The third kappa shape index (κ3) is 5.75. The van der Waals surface area contributed by atoms with Crippen molar-refractivity contribution in [3.05, 3.63) is 60.7 Å². The van der Waals surface area contributed by atoms with E-state index >= 15 is 0 Å². The highest BCUT2D eigenvalue weighted by atomic mass is 16.5. The number of hydrogen-bond donors (Lipinski definition) is 0. The van der Waals surface area contributed by atoms with E-state index in [0.717, 1.165) is 22.8 Å². The number of amides is 1. The van der Waals surface area contributed by atoms with Crippen molar-refractivity contribution in [2.24, 2.45) is 0 Å². The van der Waals surface area contributed by atoms with Crippen LogP contribution in [0.2, 0.25) is 0 Å². The Labute approximate surface area is 200 Å². The van der Waals surface area contributed by atoms with Crippen molar-refractivity contribution in [2.75, 3.05) is 50.9 Å². The molecule has 0 spiro atoms. The molecule has 0 N–H and O–H groups in total. The zero-order chi connectivity index (χ0) is 23.8. The summed E-state index contributed by atoms with van der Waals surface area (Å²) in [4.78, 5) is 16.6. The zero-order valence-corrected chi connectivity index (χ0v) is 19.6. The average Bonchev–Trinajstić information content (AvgIpc) is 2.89. The third-order valence-electron chi connectivity index (χ3n) is 5.57. The lowest BCUT2D eigenvalue weighted by atomic mass is 10.1. The molecule has 4 rings (SSSR count). The van der Waals surface area contributed by atoms with Crippen LogP contribution in [0.25, 0.3) is 11.3 Å². The standard InChI is InChI=1S/C26H30N4O4/c1-3-32-21-11-9-20(10-12-21)22-13-14-25(28-27-22)29-15-17-30(18-16-29)26(31)19-34-24-8-6-5-7-23(24)33-4-2/h5-14H,3-4,15-19H2,1-2H3. The molecule has 0 bridgehead atoms. The summed E-state index contributed by atoms with van der Waals surface area (Å²) >= 11 is 0. The predicted octanol–water partition coefficient (Wildman–Crippen LogP) is 3.67. The van der Waals surface area contributed by atoms with Gasteiger partial charge in [0.15, 0.2) is 23.9 Å². The van der Waals surface area contributed by atoms with Gasteiger partial charge in [-0.2, -0.15) is 0 Å². The van der Waals surface area contributed by atoms with Crippen molar-refractivity contribution in [1.82, 2.24) is 15.1 Å². The van der Waals surface area contributed by atoms with Crippen LogP contribution in [0.3, 0.4) is 0 Å². The van der Waals surface area contributed by atoms with E-state index in [-0.39, 0.29) is 12.5 Å². The second kappa shape index (κ2) is 11.4. The van der Waals surface area contributed by atoms with Gasteiger partial charge in [-0.3, -0.25) is 4.79 Å². The number of anilines is 1. The maximum absolute atomic E-state index is 12.7. The minimum absolute atomic E-state index is 0.0132. The molecule has 3 aromatic rings. The molecule has 1 amide bonds. The maximum Gasteiger partial charge on any atom is 0.260 e. The number of piperazine rings is 1. The largest absolute Gasteiger partial charge is 0.494 e. The number of rotatable bonds is 9. The first-order chi connectivity index (χ1) is 16.7. The van der Waals surface area contributed by atoms with Crippen LogP contribution in [-0.4, -0.2) is 67.0 Å². The summed E-state index contributed by atoms with van der Waals surface area (Å²) in [5.74, 6) is 2.84. The van der Waals surface area contributed by atoms with Crippen molar-refractivity contribution in [1.29, 1.82) is 0 Å². The van der Waals surface area contributed by atoms with E-state index in [1.807, 2.05) is 79.4 Å². The Morgan fingerprint density at radius 1 is 0.794 bits per heavy atom. The first-order valence-corrected chi connectivity index (χ1v) is 11.6. The minimum atomic E-state index is -0.0390. The SMILES string of the molecule is CCOc1ccc(-c2ccc(N3CCN(C(=O)COc4ccccc4OCC)CC3)nn2)cc1. The van der Waals surface area contributed by atoms with Crippen LogP contribution in [0.1, 0.15) is 13.8 Å². The van der Waals surface area contributed by atoms with Crippen LogP contribution in [0.4, 0.5) is 5.82 Å². The molecule has 1 aliphatic rings. The van der Waals surface area contributed by atoms with Crippen molar-refractivity contribution in [3.8, 4) is 28.5 Å². The summed E-state index contributed by atoms with van der Waals surface area (Å²) in [6.45, 7) is 7.65. The fourth-order valence-corrected chi connectivity index (χ4v) is 3.80. The Kier molecular flexibility index (Phi) is 7.80. The fourth-order valence-electron chi connectivity index (χ4n) is 3.80. The summed E-state index contributed by atoms with van der Waals surface area (Å²) in [7, 11) is 0. The Balaban J connectivity index is 1.28. The molecule has 2 aromatic carbocycles.